The Morgan fingerprint density at radius 1 is 1.25 bits per heavy atom. The second kappa shape index (κ2) is 7.37. The normalized spacial score (nSPS) is 22.5. The van der Waals surface area contributed by atoms with Crippen molar-refractivity contribution in [3.63, 3.8) is 0 Å². The van der Waals surface area contributed by atoms with E-state index in [1.807, 2.05) is 0 Å². The maximum absolute atomic E-state index is 12.2. The number of nitrogens with zero attached hydrogens (tertiary/aromatic N) is 2. The summed E-state index contributed by atoms with van der Waals surface area (Å²) >= 11 is 1.55. The number of hydrogen-bond acceptors (Lipinski definition) is 5. The maximum Gasteiger partial charge on any atom is 0.321 e. The van der Waals surface area contributed by atoms with Gasteiger partial charge in [-0.3, -0.25) is 5.32 Å². The van der Waals surface area contributed by atoms with Crippen molar-refractivity contribution in [2.24, 2.45) is 0 Å². The summed E-state index contributed by atoms with van der Waals surface area (Å²) in [6.07, 6.45) is 8.36. The summed E-state index contributed by atoms with van der Waals surface area (Å²) in [5, 5.41) is 6.32. The number of aromatic nitrogens is 1. The molecule has 1 saturated heterocycles. The molecule has 134 valence electrons. The zero-order valence-corrected chi connectivity index (χ0v) is 15.5. The van der Waals surface area contributed by atoms with E-state index in [4.69, 9.17) is 0 Å². The SMILES string of the molecule is CS(=O)(=O)N1CCCC(NC(=O)Nc2nc3c(s2)CCCCC3)C1. The van der Waals surface area contributed by atoms with Gasteiger partial charge in [0, 0.05) is 24.0 Å². The Bertz CT molecular complexity index is 678. The van der Waals surface area contributed by atoms with Gasteiger partial charge < -0.3 is 5.32 Å². The predicted octanol–water partition coefficient (Wildman–Crippen LogP) is 1.96. The molecule has 0 saturated carbocycles. The topological polar surface area (TPSA) is 91.4 Å². The van der Waals surface area contributed by atoms with Crippen LogP contribution >= 0.6 is 11.3 Å². The van der Waals surface area contributed by atoms with E-state index in [0.717, 1.165) is 37.8 Å². The van der Waals surface area contributed by atoms with Crippen molar-refractivity contribution >= 4 is 32.5 Å². The number of anilines is 1. The van der Waals surface area contributed by atoms with Crippen molar-refractivity contribution < 1.29 is 13.2 Å². The Labute approximate surface area is 146 Å². The summed E-state index contributed by atoms with van der Waals surface area (Å²) in [4.78, 5) is 18.0. The van der Waals surface area contributed by atoms with Gasteiger partial charge in [-0.1, -0.05) is 6.42 Å². The number of hydrogen-bond donors (Lipinski definition) is 2. The smallest absolute Gasteiger partial charge is 0.321 e. The molecule has 2 N–H and O–H groups in total. The maximum atomic E-state index is 12.2. The average Bonchev–Trinajstić information content (AvgIpc) is 2.75. The van der Waals surface area contributed by atoms with E-state index in [-0.39, 0.29) is 12.1 Å². The molecule has 3 rings (SSSR count). The highest BCUT2D eigenvalue weighted by molar-refractivity contribution is 7.88. The lowest BCUT2D eigenvalue weighted by atomic mass is 10.1. The second-order valence-electron chi connectivity index (χ2n) is 6.51. The molecule has 1 aromatic rings. The van der Waals surface area contributed by atoms with Crippen molar-refractivity contribution in [2.75, 3.05) is 24.7 Å². The third kappa shape index (κ3) is 4.46. The highest BCUT2D eigenvalue weighted by atomic mass is 32.2. The second-order valence-corrected chi connectivity index (χ2v) is 9.57. The number of carbonyl (C=O) groups is 1. The Hall–Kier alpha value is -1.19. The van der Waals surface area contributed by atoms with Crippen LogP contribution < -0.4 is 10.6 Å². The lowest BCUT2D eigenvalue weighted by molar-refractivity contribution is 0.236. The summed E-state index contributed by atoms with van der Waals surface area (Å²) in [5.41, 5.74) is 1.12. The van der Waals surface area contributed by atoms with E-state index in [1.165, 1.54) is 28.3 Å². The molecule has 2 heterocycles. The fourth-order valence-electron chi connectivity index (χ4n) is 3.26. The number of fused-ring (bicyclic) bond motifs is 1. The fraction of sp³-hybridized carbons (Fsp3) is 0.733. The molecular weight excluding hydrogens is 348 g/mol. The summed E-state index contributed by atoms with van der Waals surface area (Å²) < 4.78 is 24.7. The van der Waals surface area contributed by atoms with Gasteiger partial charge in [0.05, 0.1) is 11.9 Å². The van der Waals surface area contributed by atoms with Crippen LogP contribution in [0, 0.1) is 0 Å². The van der Waals surface area contributed by atoms with Crippen LogP contribution in [0.1, 0.15) is 42.7 Å². The van der Waals surface area contributed by atoms with Crippen LogP contribution in [-0.2, 0) is 22.9 Å². The van der Waals surface area contributed by atoms with Crippen LogP contribution in [0.25, 0.3) is 0 Å². The van der Waals surface area contributed by atoms with Crippen LogP contribution in [0.3, 0.4) is 0 Å². The molecule has 2 aliphatic rings. The van der Waals surface area contributed by atoms with Crippen LogP contribution in [0.15, 0.2) is 0 Å². The van der Waals surface area contributed by atoms with E-state index < -0.39 is 10.0 Å². The molecule has 1 unspecified atom stereocenters. The predicted molar refractivity (Wildman–Crippen MR) is 95.0 cm³/mol. The summed E-state index contributed by atoms with van der Waals surface area (Å²) in [5.74, 6) is 0. The average molecular weight is 373 g/mol. The number of sulfonamides is 1. The Balaban J connectivity index is 1.56. The van der Waals surface area contributed by atoms with Gasteiger partial charge in [0.2, 0.25) is 10.0 Å². The first-order valence-electron chi connectivity index (χ1n) is 8.43. The number of thiazole rings is 1. The number of nitrogens with one attached hydrogen (secondary N) is 2. The minimum Gasteiger partial charge on any atom is -0.334 e. The summed E-state index contributed by atoms with van der Waals surface area (Å²) in [6.45, 7) is 0.860. The Morgan fingerprint density at radius 2 is 2.04 bits per heavy atom. The molecule has 9 heteroatoms. The molecule has 0 spiro atoms. The van der Waals surface area contributed by atoms with Crippen molar-refractivity contribution in [3.05, 3.63) is 10.6 Å². The van der Waals surface area contributed by atoms with Crippen LogP contribution in [0.5, 0.6) is 0 Å². The monoisotopic (exact) mass is 372 g/mol. The van der Waals surface area contributed by atoms with E-state index in [9.17, 15) is 13.2 Å². The summed E-state index contributed by atoms with van der Waals surface area (Å²) in [6, 6.07) is -0.467. The zero-order valence-electron chi connectivity index (χ0n) is 13.9. The van der Waals surface area contributed by atoms with E-state index >= 15 is 0 Å². The van der Waals surface area contributed by atoms with Gasteiger partial charge in [-0.2, -0.15) is 0 Å². The van der Waals surface area contributed by atoms with Crippen LogP contribution in [0.2, 0.25) is 0 Å². The fourth-order valence-corrected chi connectivity index (χ4v) is 5.22. The highest BCUT2D eigenvalue weighted by Crippen LogP contribution is 2.28. The largest absolute Gasteiger partial charge is 0.334 e. The van der Waals surface area contributed by atoms with Crippen LogP contribution in [-0.4, -0.2) is 49.1 Å². The quantitative estimate of drug-likeness (QED) is 0.794. The van der Waals surface area contributed by atoms with Gasteiger partial charge in [0.15, 0.2) is 5.13 Å². The van der Waals surface area contributed by atoms with Crippen molar-refractivity contribution in [1.82, 2.24) is 14.6 Å². The zero-order chi connectivity index (χ0) is 17.2. The minimum absolute atomic E-state index is 0.161. The molecule has 1 aliphatic heterocycles. The van der Waals surface area contributed by atoms with Crippen molar-refractivity contribution in [3.8, 4) is 0 Å². The molecule has 0 radical (unpaired) electrons. The number of aryl methyl sites for hydroxylation is 2. The van der Waals surface area contributed by atoms with Crippen molar-refractivity contribution in [2.45, 2.75) is 51.0 Å². The minimum atomic E-state index is -3.21. The number of rotatable bonds is 3. The van der Waals surface area contributed by atoms with Gasteiger partial charge in [0.1, 0.15) is 0 Å². The highest BCUT2D eigenvalue weighted by Gasteiger charge is 2.27. The van der Waals surface area contributed by atoms with Gasteiger partial charge in [-0.15, -0.1) is 11.3 Å². The van der Waals surface area contributed by atoms with Crippen molar-refractivity contribution in [1.29, 1.82) is 0 Å². The standard InChI is InChI=1S/C15H24N4O3S2/c1-24(21,22)19-9-5-6-11(10-19)16-14(20)18-15-17-12-7-3-2-4-8-13(12)23-15/h11H,2-10H2,1H3,(H2,16,17,18,20). The number of piperidine rings is 1. The summed E-state index contributed by atoms with van der Waals surface area (Å²) in [7, 11) is -3.21. The molecule has 7 nitrogen and oxygen atoms in total. The molecule has 1 aromatic heterocycles. The first kappa shape index (κ1) is 17.6. The number of carbonyl (C=O) groups excluding carboxylic acids is 1. The lowest BCUT2D eigenvalue weighted by Gasteiger charge is -2.31. The molecule has 0 aromatic carbocycles. The molecule has 2 amide bonds. The third-order valence-electron chi connectivity index (χ3n) is 4.50. The molecular formula is C15H24N4O3S2. The van der Waals surface area contributed by atoms with Gasteiger partial charge in [-0.05, 0) is 38.5 Å². The Morgan fingerprint density at radius 3 is 2.83 bits per heavy atom. The molecule has 24 heavy (non-hydrogen) atoms. The molecule has 0 bridgehead atoms. The number of urea groups is 1. The first-order valence-corrected chi connectivity index (χ1v) is 11.1. The van der Waals surface area contributed by atoms with E-state index in [1.54, 1.807) is 11.3 Å². The lowest BCUT2D eigenvalue weighted by Crippen LogP contribution is -2.50. The molecule has 1 aliphatic carbocycles. The van der Waals surface area contributed by atoms with E-state index in [2.05, 4.69) is 15.6 Å². The van der Waals surface area contributed by atoms with Gasteiger partial charge >= 0.3 is 6.03 Å². The molecule has 1 atom stereocenters. The molecule has 1 fully saturated rings. The third-order valence-corrected chi connectivity index (χ3v) is 6.85. The van der Waals surface area contributed by atoms with Gasteiger partial charge in [0.25, 0.3) is 0 Å². The van der Waals surface area contributed by atoms with Gasteiger partial charge in [-0.25, -0.2) is 22.5 Å². The van der Waals surface area contributed by atoms with E-state index in [0.29, 0.717) is 18.2 Å². The Kier molecular flexibility index (Phi) is 5.41. The number of amides is 2. The first-order chi connectivity index (χ1) is 11.4. The van der Waals surface area contributed by atoms with Crippen LogP contribution in [0.4, 0.5) is 9.93 Å².